The van der Waals surface area contributed by atoms with Crippen LogP contribution in [0.4, 0.5) is 0 Å². The van der Waals surface area contributed by atoms with Crippen molar-refractivity contribution in [3.05, 3.63) is 12.3 Å². The Bertz CT molecular complexity index is 500. The van der Waals surface area contributed by atoms with E-state index in [0.29, 0.717) is 6.54 Å². The number of aromatic amines is 1. The molecule has 0 aliphatic carbocycles. The summed E-state index contributed by atoms with van der Waals surface area (Å²) in [7, 11) is -3.56. The molecule has 0 aromatic carbocycles. The number of alkyl halides is 1. The van der Waals surface area contributed by atoms with Crippen molar-refractivity contribution in [2.45, 2.75) is 30.6 Å². The van der Waals surface area contributed by atoms with Crippen molar-refractivity contribution in [1.82, 2.24) is 14.5 Å². The smallest absolute Gasteiger partial charge is 0.260 e. The van der Waals surface area contributed by atoms with Gasteiger partial charge in [-0.05, 0) is 19.9 Å². The van der Waals surface area contributed by atoms with Crippen LogP contribution >= 0.6 is 11.6 Å². The van der Waals surface area contributed by atoms with Crippen LogP contribution in [-0.4, -0.2) is 53.6 Å². The van der Waals surface area contributed by atoms with Crippen molar-refractivity contribution in [2.75, 3.05) is 19.0 Å². The number of nitrogens with one attached hydrogen (secondary N) is 1. The Morgan fingerprint density at radius 2 is 2.39 bits per heavy atom. The molecule has 1 saturated heterocycles. The molecule has 2 rings (SSSR count). The molecule has 0 spiro atoms. The topological polar surface area (TPSA) is 75.3 Å². The van der Waals surface area contributed by atoms with E-state index in [1.807, 2.05) is 13.8 Å². The van der Waals surface area contributed by atoms with Crippen molar-refractivity contribution in [3.8, 4) is 0 Å². The van der Waals surface area contributed by atoms with Crippen LogP contribution in [0.3, 0.4) is 0 Å². The maximum absolute atomic E-state index is 12.4. The first-order chi connectivity index (χ1) is 8.35. The summed E-state index contributed by atoms with van der Waals surface area (Å²) in [6, 6.07) is 1.44. The summed E-state index contributed by atoms with van der Waals surface area (Å²) in [5.41, 5.74) is -0.551. The van der Waals surface area contributed by atoms with Crippen molar-refractivity contribution in [2.24, 2.45) is 0 Å². The molecule has 8 heteroatoms. The van der Waals surface area contributed by atoms with Gasteiger partial charge in [0.15, 0.2) is 5.03 Å². The fraction of sp³-hybridized carbons (Fsp3) is 0.700. The number of halogens is 1. The molecule has 1 fully saturated rings. The molecule has 1 N–H and O–H groups in total. The number of hydrogen-bond donors (Lipinski definition) is 1. The molecule has 1 atom stereocenters. The molecule has 1 aliphatic rings. The average molecular weight is 294 g/mol. The Balaban J connectivity index is 2.28. The third-order valence-corrected chi connectivity index (χ3v) is 4.80. The molecule has 6 nitrogen and oxygen atoms in total. The maximum Gasteiger partial charge on any atom is 0.260 e. The minimum Gasteiger partial charge on any atom is -0.368 e. The number of nitrogens with zero attached hydrogens (tertiary/aromatic N) is 2. The van der Waals surface area contributed by atoms with E-state index in [4.69, 9.17) is 16.3 Å². The van der Waals surface area contributed by atoms with Crippen molar-refractivity contribution < 1.29 is 13.2 Å². The lowest BCUT2D eigenvalue weighted by molar-refractivity contribution is -0.107. The van der Waals surface area contributed by atoms with Gasteiger partial charge >= 0.3 is 0 Å². The Kier molecular flexibility index (Phi) is 3.68. The van der Waals surface area contributed by atoms with E-state index in [2.05, 4.69) is 10.2 Å². The normalized spacial score (nSPS) is 25.2. The van der Waals surface area contributed by atoms with E-state index in [1.165, 1.54) is 16.6 Å². The fourth-order valence-electron chi connectivity index (χ4n) is 2.03. The highest BCUT2D eigenvalue weighted by molar-refractivity contribution is 7.89. The van der Waals surface area contributed by atoms with Gasteiger partial charge in [0.05, 0.1) is 17.9 Å². The van der Waals surface area contributed by atoms with E-state index in [9.17, 15) is 8.42 Å². The molecular formula is C10H16ClN3O3S. The molecule has 18 heavy (non-hydrogen) atoms. The number of hydrogen-bond acceptors (Lipinski definition) is 4. The molecule has 0 saturated carbocycles. The molecule has 1 aromatic heterocycles. The van der Waals surface area contributed by atoms with E-state index >= 15 is 0 Å². The fourth-order valence-corrected chi connectivity index (χ4v) is 3.71. The molecule has 0 amide bonds. The summed E-state index contributed by atoms with van der Waals surface area (Å²) in [6.45, 7) is 4.25. The van der Waals surface area contributed by atoms with Gasteiger partial charge in [0, 0.05) is 19.0 Å². The molecule has 0 radical (unpaired) electrons. The van der Waals surface area contributed by atoms with Crippen LogP contribution in [0.1, 0.15) is 13.8 Å². The largest absolute Gasteiger partial charge is 0.368 e. The Morgan fingerprint density at radius 1 is 1.67 bits per heavy atom. The highest BCUT2D eigenvalue weighted by Crippen LogP contribution is 2.26. The van der Waals surface area contributed by atoms with Gasteiger partial charge in [-0.15, -0.1) is 11.6 Å². The van der Waals surface area contributed by atoms with Crippen molar-refractivity contribution in [3.63, 3.8) is 0 Å². The van der Waals surface area contributed by atoms with Gasteiger partial charge in [0.2, 0.25) is 0 Å². The minimum atomic E-state index is -3.56. The summed E-state index contributed by atoms with van der Waals surface area (Å²) < 4.78 is 31.8. The Hall–Kier alpha value is -0.630. The first-order valence-corrected chi connectivity index (χ1v) is 7.56. The second-order valence-electron chi connectivity index (χ2n) is 4.87. The zero-order valence-electron chi connectivity index (χ0n) is 10.3. The number of sulfonamides is 1. The van der Waals surface area contributed by atoms with Crippen LogP contribution in [0.25, 0.3) is 0 Å². The third-order valence-electron chi connectivity index (χ3n) is 2.72. The van der Waals surface area contributed by atoms with Crippen molar-refractivity contribution >= 4 is 21.6 Å². The molecule has 1 aromatic rings. The first kappa shape index (κ1) is 13.8. The maximum atomic E-state index is 12.4. The predicted octanol–water partition coefficient (Wildman–Crippen LogP) is 0.817. The lowest BCUT2D eigenvalue weighted by Gasteiger charge is -2.41. The van der Waals surface area contributed by atoms with E-state index in [-0.39, 0.29) is 23.6 Å². The summed E-state index contributed by atoms with van der Waals surface area (Å²) >= 11 is 5.78. The van der Waals surface area contributed by atoms with Crippen LogP contribution in [0.5, 0.6) is 0 Å². The van der Waals surface area contributed by atoms with Gasteiger partial charge in [-0.1, -0.05) is 0 Å². The third kappa shape index (κ3) is 2.69. The van der Waals surface area contributed by atoms with Crippen LogP contribution in [-0.2, 0) is 14.8 Å². The number of aromatic nitrogens is 2. The number of rotatable bonds is 3. The summed E-state index contributed by atoms with van der Waals surface area (Å²) in [6.07, 6.45) is 1.12. The molecule has 2 heterocycles. The average Bonchev–Trinajstić information content (AvgIpc) is 2.80. The monoisotopic (exact) mass is 293 g/mol. The lowest BCUT2D eigenvalue weighted by atomic mass is 10.1. The zero-order valence-corrected chi connectivity index (χ0v) is 11.8. The van der Waals surface area contributed by atoms with Crippen LogP contribution < -0.4 is 0 Å². The zero-order chi connectivity index (χ0) is 13.4. The van der Waals surface area contributed by atoms with Gasteiger partial charge in [-0.25, -0.2) is 8.42 Å². The number of morpholine rings is 1. The molecule has 0 bridgehead atoms. The van der Waals surface area contributed by atoms with Crippen LogP contribution in [0, 0.1) is 0 Å². The highest BCUT2D eigenvalue weighted by Gasteiger charge is 2.39. The number of H-pyrrole nitrogens is 1. The Morgan fingerprint density at radius 3 is 2.94 bits per heavy atom. The van der Waals surface area contributed by atoms with Gasteiger partial charge in [-0.3, -0.25) is 5.10 Å². The SMILES string of the molecule is CC1(C)CN(S(=O)(=O)c2ccn[nH]2)CC(CCl)O1. The van der Waals surface area contributed by atoms with Gasteiger partial charge in [0.25, 0.3) is 10.0 Å². The van der Waals surface area contributed by atoms with E-state index in [0.717, 1.165) is 0 Å². The van der Waals surface area contributed by atoms with Crippen LogP contribution in [0.2, 0.25) is 0 Å². The predicted molar refractivity (Wildman–Crippen MR) is 67.0 cm³/mol. The lowest BCUT2D eigenvalue weighted by Crippen LogP contribution is -2.55. The minimum absolute atomic E-state index is 0.0912. The summed E-state index contributed by atoms with van der Waals surface area (Å²) in [5.74, 6) is 0.262. The summed E-state index contributed by atoms with van der Waals surface area (Å²) in [4.78, 5) is 0. The van der Waals surface area contributed by atoms with E-state index in [1.54, 1.807) is 0 Å². The standard InChI is InChI=1S/C10H16ClN3O3S/c1-10(2)7-14(6-8(5-11)17-10)18(15,16)9-3-4-12-13-9/h3-4,8H,5-7H2,1-2H3,(H,12,13). The second kappa shape index (κ2) is 4.80. The quantitative estimate of drug-likeness (QED) is 0.837. The second-order valence-corrected chi connectivity index (χ2v) is 7.09. The van der Waals surface area contributed by atoms with Crippen LogP contribution in [0.15, 0.2) is 17.3 Å². The van der Waals surface area contributed by atoms with Crippen molar-refractivity contribution in [1.29, 1.82) is 0 Å². The van der Waals surface area contributed by atoms with Gasteiger partial charge in [-0.2, -0.15) is 9.40 Å². The van der Waals surface area contributed by atoms with Gasteiger partial charge in [0.1, 0.15) is 0 Å². The molecule has 102 valence electrons. The first-order valence-electron chi connectivity index (χ1n) is 5.58. The number of ether oxygens (including phenoxy) is 1. The molecular weight excluding hydrogens is 278 g/mol. The highest BCUT2D eigenvalue weighted by atomic mass is 35.5. The van der Waals surface area contributed by atoms with Gasteiger partial charge < -0.3 is 4.74 Å². The molecule has 1 aliphatic heterocycles. The Labute approximate surface area is 111 Å². The molecule has 1 unspecified atom stereocenters. The summed E-state index contributed by atoms with van der Waals surface area (Å²) in [5, 5.41) is 6.24. The van der Waals surface area contributed by atoms with E-state index < -0.39 is 15.6 Å².